The first-order chi connectivity index (χ1) is 4.34. The maximum absolute atomic E-state index is 8.57. The third-order valence-electron chi connectivity index (χ3n) is 0.928. The molecule has 48 valence electrons. The lowest BCUT2D eigenvalue weighted by Crippen LogP contribution is -1.87. The van der Waals surface area contributed by atoms with Crippen molar-refractivity contribution in [1.82, 2.24) is 10.2 Å². The highest BCUT2D eigenvalue weighted by Gasteiger charge is 1.95. The highest BCUT2D eigenvalue weighted by molar-refractivity contribution is 6.31. The monoisotopic (exact) mass is 144 g/mol. The maximum Gasteiger partial charge on any atom is 0.0712 e. The lowest BCUT2D eigenvalue weighted by Gasteiger charge is -1.93. The quantitative estimate of drug-likeness (QED) is 0.629. The van der Waals surface area contributed by atoms with E-state index in [1.807, 2.05) is 0 Å². The van der Waals surface area contributed by atoms with Crippen LogP contribution in [0.15, 0.2) is 12.4 Å². The molecule has 1 heterocycles. The predicted octanol–water partition coefficient (Wildman–Crippen LogP) is 0.622. The van der Waals surface area contributed by atoms with Gasteiger partial charge in [-0.1, -0.05) is 11.6 Å². The van der Waals surface area contributed by atoms with E-state index in [0.717, 1.165) is 0 Å². The molecular weight excluding hydrogens is 140 g/mol. The molecule has 4 heteroatoms. The van der Waals surface area contributed by atoms with E-state index in [4.69, 9.17) is 16.7 Å². The van der Waals surface area contributed by atoms with Gasteiger partial charge in [-0.25, -0.2) is 0 Å². The van der Waals surface area contributed by atoms with Crippen molar-refractivity contribution in [3.05, 3.63) is 23.0 Å². The summed E-state index contributed by atoms with van der Waals surface area (Å²) in [7, 11) is 0. The standard InChI is InChI=1S/C5H5ClN2O/c6-5-2-8-7-1-4(5)3-9/h1-2,9H,3H2. The van der Waals surface area contributed by atoms with Gasteiger partial charge in [-0.05, 0) is 0 Å². The predicted molar refractivity (Wildman–Crippen MR) is 33.0 cm³/mol. The van der Waals surface area contributed by atoms with Crippen LogP contribution >= 0.6 is 11.6 Å². The van der Waals surface area contributed by atoms with E-state index in [-0.39, 0.29) is 6.61 Å². The number of aliphatic hydroxyl groups is 1. The van der Waals surface area contributed by atoms with Crippen LogP contribution in [-0.4, -0.2) is 15.3 Å². The number of halogens is 1. The Morgan fingerprint density at radius 2 is 2.11 bits per heavy atom. The third kappa shape index (κ3) is 1.37. The van der Waals surface area contributed by atoms with Crippen LogP contribution in [0.4, 0.5) is 0 Å². The molecule has 9 heavy (non-hydrogen) atoms. The zero-order valence-corrected chi connectivity index (χ0v) is 5.34. The minimum atomic E-state index is -0.0889. The van der Waals surface area contributed by atoms with Crippen molar-refractivity contribution >= 4 is 11.6 Å². The summed E-state index contributed by atoms with van der Waals surface area (Å²) in [4.78, 5) is 0. The smallest absolute Gasteiger partial charge is 0.0712 e. The fourth-order valence-electron chi connectivity index (χ4n) is 0.448. The molecule has 0 saturated heterocycles. The molecule has 0 aliphatic heterocycles. The number of rotatable bonds is 1. The summed E-state index contributed by atoms with van der Waals surface area (Å²) < 4.78 is 0. The van der Waals surface area contributed by atoms with Crippen LogP contribution in [0.2, 0.25) is 5.02 Å². The van der Waals surface area contributed by atoms with Crippen LogP contribution in [0.1, 0.15) is 5.56 Å². The summed E-state index contributed by atoms with van der Waals surface area (Å²) in [5.41, 5.74) is 0.603. The molecule has 0 spiro atoms. The Balaban J connectivity index is 3.01. The molecule has 0 aliphatic carbocycles. The average molecular weight is 145 g/mol. The fourth-order valence-corrected chi connectivity index (χ4v) is 0.600. The van der Waals surface area contributed by atoms with Gasteiger partial charge in [0.05, 0.1) is 24.0 Å². The van der Waals surface area contributed by atoms with E-state index in [0.29, 0.717) is 10.6 Å². The van der Waals surface area contributed by atoms with Gasteiger partial charge in [0.15, 0.2) is 0 Å². The van der Waals surface area contributed by atoms with Gasteiger partial charge in [0.1, 0.15) is 0 Å². The number of hydrogen-bond acceptors (Lipinski definition) is 3. The van der Waals surface area contributed by atoms with Crippen molar-refractivity contribution in [3.8, 4) is 0 Å². The Morgan fingerprint density at radius 3 is 2.56 bits per heavy atom. The van der Waals surface area contributed by atoms with E-state index in [2.05, 4.69) is 10.2 Å². The van der Waals surface area contributed by atoms with Gasteiger partial charge < -0.3 is 5.11 Å². The molecule has 1 N–H and O–H groups in total. The molecule has 0 bridgehead atoms. The first-order valence-electron chi connectivity index (χ1n) is 2.40. The number of nitrogens with zero attached hydrogens (tertiary/aromatic N) is 2. The van der Waals surface area contributed by atoms with Gasteiger partial charge in [-0.15, -0.1) is 0 Å². The number of aromatic nitrogens is 2. The molecule has 0 saturated carbocycles. The summed E-state index contributed by atoms with van der Waals surface area (Å²) in [6, 6.07) is 0. The minimum absolute atomic E-state index is 0.0889. The van der Waals surface area contributed by atoms with E-state index in [9.17, 15) is 0 Å². The molecule has 3 nitrogen and oxygen atoms in total. The fraction of sp³-hybridized carbons (Fsp3) is 0.200. The Hall–Kier alpha value is -0.670. The van der Waals surface area contributed by atoms with Crippen molar-refractivity contribution in [3.63, 3.8) is 0 Å². The summed E-state index contributed by atoms with van der Waals surface area (Å²) in [6.45, 7) is -0.0889. The van der Waals surface area contributed by atoms with E-state index in [1.165, 1.54) is 12.4 Å². The summed E-state index contributed by atoms with van der Waals surface area (Å²) >= 11 is 5.56. The first-order valence-corrected chi connectivity index (χ1v) is 2.78. The topological polar surface area (TPSA) is 46.0 Å². The number of aliphatic hydroxyl groups excluding tert-OH is 1. The van der Waals surface area contributed by atoms with Crippen LogP contribution < -0.4 is 0 Å². The summed E-state index contributed by atoms with van der Waals surface area (Å²) in [5.74, 6) is 0. The molecule has 0 aromatic carbocycles. The van der Waals surface area contributed by atoms with Gasteiger partial charge >= 0.3 is 0 Å². The summed E-state index contributed by atoms with van der Waals surface area (Å²) in [5, 5.41) is 16.0. The highest BCUT2D eigenvalue weighted by Crippen LogP contribution is 2.10. The zero-order valence-electron chi connectivity index (χ0n) is 4.58. The molecule has 0 fully saturated rings. The Morgan fingerprint density at radius 1 is 1.44 bits per heavy atom. The van der Waals surface area contributed by atoms with Gasteiger partial charge in [0.2, 0.25) is 0 Å². The van der Waals surface area contributed by atoms with Crippen LogP contribution in [-0.2, 0) is 6.61 Å². The van der Waals surface area contributed by atoms with Crippen LogP contribution in [0.5, 0.6) is 0 Å². The Bertz CT molecular complexity index is 204. The summed E-state index contributed by atoms with van der Waals surface area (Å²) in [6.07, 6.45) is 2.83. The number of hydrogen-bond donors (Lipinski definition) is 1. The Kier molecular flexibility index (Phi) is 1.97. The van der Waals surface area contributed by atoms with E-state index in [1.54, 1.807) is 0 Å². The third-order valence-corrected chi connectivity index (χ3v) is 1.27. The molecule has 0 radical (unpaired) electrons. The molecule has 1 aromatic heterocycles. The van der Waals surface area contributed by atoms with Gasteiger partial charge in [-0.3, -0.25) is 0 Å². The van der Waals surface area contributed by atoms with Gasteiger partial charge in [-0.2, -0.15) is 10.2 Å². The molecule has 0 aliphatic rings. The first kappa shape index (κ1) is 6.45. The lowest BCUT2D eigenvalue weighted by atomic mass is 10.3. The SMILES string of the molecule is OCc1cnncc1Cl. The van der Waals surface area contributed by atoms with Crippen molar-refractivity contribution < 1.29 is 5.11 Å². The lowest BCUT2D eigenvalue weighted by molar-refractivity contribution is 0.281. The molecule has 0 atom stereocenters. The van der Waals surface area contributed by atoms with E-state index >= 15 is 0 Å². The molecule has 1 rings (SSSR count). The second-order valence-corrected chi connectivity index (χ2v) is 1.93. The molecule has 0 unspecified atom stereocenters. The zero-order chi connectivity index (χ0) is 6.69. The minimum Gasteiger partial charge on any atom is -0.392 e. The highest BCUT2D eigenvalue weighted by atomic mass is 35.5. The van der Waals surface area contributed by atoms with E-state index < -0.39 is 0 Å². The largest absolute Gasteiger partial charge is 0.392 e. The van der Waals surface area contributed by atoms with Gasteiger partial charge in [0, 0.05) is 5.56 Å². The molecular formula is C5H5ClN2O. The molecule has 1 aromatic rings. The second-order valence-electron chi connectivity index (χ2n) is 1.52. The van der Waals surface area contributed by atoms with Crippen LogP contribution in [0, 0.1) is 0 Å². The van der Waals surface area contributed by atoms with Crippen LogP contribution in [0.3, 0.4) is 0 Å². The maximum atomic E-state index is 8.57. The van der Waals surface area contributed by atoms with Crippen LogP contribution in [0.25, 0.3) is 0 Å². The van der Waals surface area contributed by atoms with Crippen molar-refractivity contribution in [2.24, 2.45) is 0 Å². The van der Waals surface area contributed by atoms with Gasteiger partial charge in [0.25, 0.3) is 0 Å². The van der Waals surface area contributed by atoms with Crippen molar-refractivity contribution in [1.29, 1.82) is 0 Å². The average Bonchev–Trinajstić information content (AvgIpc) is 1.89. The Labute approximate surface area is 57.3 Å². The second kappa shape index (κ2) is 2.75. The van der Waals surface area contributed by atoms with Crippen molar-refractivity contribution in [2.75, 3.05) is 0 Å². The molecule has 0 amide bonds. The normalized spacial score (nSPS) is 9.56. The van der Waals surface area contributed by atoms with Crippen molar-refractivity contribution in [2.45, 2.75) is 6.61 Å².